The van der Waals surface area contributed by atoms with Gasteiger partial charge in [-0.25, -0.2) is 4.79 Å². The number of carbonyl (C=O) groups excluding carboxylic acids is 2. The number of nitrogens with one attached hydrogen (secondary N) is 2. The molecule has 2 amide bonds. The molecule has 0 saturated heterocycles. The lowest BCUT2D eigenvalue weighted by molar-refractivity contribution is -0.385. The first-order valence-corrected chi connectivity index (χ1v) is 16.6. The van der Waals surface area contributed by atoms with Crippen molar-refractivity contribution >= 4 is 17.7 Å². The zero-order valence-electron chi connectivity index (χ0n) is 28.5. The van der Waals surface area contributed by atoms with E-state index in [1.54, 1.807) is 6.92 Å². The zero-order valence-corrected chi connectivity index (χ0v) is 28.5. The molecule has 14 heteroatoms. The maximum atomic E-state index is 12.9. The number of methoxy groups -OCH3 is 1. The first kappa shape index (κ1) is 38.0. The van der Waals surface area contributed by atoms with E-state index in [0.717, 1.165) is 22.3 Å². The first-order valence-electron chi connectivity index (χ1n) is 16.6. The van der Waals surface area contributed by atoms with E-state index in [2.05, 4.69) is 22.8 Å². The predicted octanol–water partition coefficient (Wildman–Crippen LogP) is 4.49. The smallest absolute Gasteiger partial charge is 0.407 e. The summed E-state index contributed by atoms with van der Waals surface area (Å²) in [6.07, 6.45) is -0.146. The summed E-state index contributed by atoms with van der Waals surface area (Å²) in [6.45, 7) is 5.30. The van der Waals surface area contributed by atoms with E-state index >= 15 is 0 Å². The number of ether oxygens (including phenoxy) is 6. The second-order valence-electron chi connectivity index (χ2n) is 11.4. The average molecular weight is 695 g/mol. The summed E-state index contributed by atoms with van der Waals surface area (Å²) in [5, 5.41) is 17.5. The molecule has 0 bridgehead atoms. The molecular weight excluding hydrogens is 648 g/mol. The van der Waals surface area contributed by atoms with Crippen LogP contribution in [0.5, 0.6) is 11.5 Å². The highest BCUT2D eigenvalue weighted by atomic mass is 16.6. The van der Waals surface area contributed by atoms with Crippen molar-refractivity contribution in [3.63, 3.8) is 0 Å². The Hall–Kier alpha value is -4.76. The molecule has 1 aliphatic carbocycles. The minimum absolute atomic E-state index is 0.110. The Morgan fingerprint density at radius 2 is 1.50 bits per heavy atom. The van der Waals surface area contributed by atoms with Crippen molar-refractivity contribution in [2.75, 3.05) is 73.1 Å². The van der Waals surface area contributed by atoms with Crippen molar-refractivity contribution in [3.8, 4) is 22.6 Å². The molecule has 0 aliphatic heterocycles. The van der Waals surface area contributed by atoms with Crippen LogP contribution >= 0.6 is 0 Å². The van der Waals surface area contributed by atoms with Crippen LogP contribution < -0.4 is 25.8 Å². The second-order valence-corrected chi connectivity index (χ2v) is 11.4. The molecule has 50 heavy (non-hydrogen) atoms. The molecule has 0 aromatic heterocycles. The number of nitrogens with zero attached hydrogens (tertiary/aromatic N) is 1. The summed E-state index contributed by atoms with van der Waals surface area (Å²) in [4.78, 5) is 36.6. The van der Waals surface area contributed by atoms with Crippen LogP contribution in [0, 0.1) is 10.1 Å². The summed E-state index contributed by atoms with van der Waals surface area (Å²) in [6, 6.07) is 18.0. The highest BCUT2D eigenvalue weighted by molar-refractivity contribution is 5.79. The molecule has 1 aliphatic rings. The van der Waals surface area contributed by atoms with Gasteiger partial charge in [0.05, 0.1) is 76.0 Å². The summed E-state index contributed by atoms with van der Waals surface area (Å²) in [5.41, 5.74) is 9.68. The molecule has 3 aromatic rings. The van der Waals surface area contributed by atoms with Crippen LogP contribution in [-0.4, -0.2) is 90.0 Å². The number of carbonyl (C=O) groups is 2. The van der Waals surface area contributed by atoms with Gasteiger partial charge in [-0.15, -0.1) is 0 Å². The molecule has 0 fully saturated rings. The highest BCUT2D eigenvalue weighted by Crippen LogP contribution is 2.44. The van der Waals surface area contributed by atoms with E-state index in [9.17, 15) is 19.7 Å². The van der Waals surface area contributed by atoms with E-state index in [-0.39, 0.29) is 54.2 Å². The Bertz CT molecular complexity index is 1520. The van der Waals surface area contributed by atoms with Gasteiger partial charge in [-0.2, -0.15) is 0 Å². The monoisotopic (exact) mass is 694 g/mol. The van der Waals surface area contributed by atoms with Crippen LogP contribution in [0.4, 0.5) is 10.5 Å². The van der Waals surface area contributed by atoms with Crippen LogP contribution in [0.25, 0.3) is 11.1 Å². The number of amides is 2. The molecule has 4 N–H and O–H groups in total. The maximum Gasteiger partial charge on any atom is 0.407 e. The van der Waals surface area contributed by atoms with E-state index in [0.29, 0.717) is 59.2 Å². The third-order valence-corrected chi connectivity index (χ3v) is 8.03. The van der Waals surface area contributed by atoms with Crippen LogP contribution in [-0.2, 0) is 23.7 Å². The van der Waals surface area contributed by atoms with Crippen LogP contribution in [0.15, 0.2) is 60.7 Å². The third kappa shape index (κ3) is 10.9. The van der Waals surface area contributed by atoms with Gasteiger partial charge in [0, 0.05) is 25.4 Å². The van der Waals surface area contributed by atoms with Gasteiger partial charge in [0.1, 0.15) is 6.61 Å². The molecule has 4 rings (SSSR count). The number of benzene rings is 3. The van der Waals surface area contributed by atoms with Crippen LogP contribution in [0.1, 0.15) is 48.4 Å². The van der Waals surface area contributed by atoms with Gasteiger partial charge in [-0.1, -0.05) is 48.5 Å². The average Bonchev–Trinajstić information content (AvgIpc) is 3.44. The molecule has 1 atom stereocenters. The van der Waals surface area contributed by atoms with E-state index in [1.165, 1.54) is 19.2 Å². The fourth-order valence-corrected chi connectivity index (χ4v) is 5.63. The van der Waals surface area contributed by atoms with Crippen molar-refractivity contribution in [1.29, 1.82) is 0 Å². The van der Waals surface area contributed by atoms with Gasteiger partial charge in [0.2, 0.25) is 5.91 Å². The molecule has 1 unspecified atom stereocenters. The maximum absolute atomic E-state index is 12.9. The SMILES string of the molecule is COc1cc(C(C)NC(=O)OCC2c3ccccc3-c3ccccc32)c([N+](=O)[O-])cc1OCCCC(=O)NCCOCCOCCOCCN. The molecule has 270 valence electrons. The summed E-state index contributed by atoms with van der Waals surface area (Å²) in [7, 11) is 1.42. The third-order valence-electron chi connectivity index (χ3n) is 8.03. The van der Waals surface area contributed by atoms with Crippen molar-refractivity contribution in [3.05, 3.63) is 87.5 Å². The second kappa shape index (κ2) is 20.0. The van der Waals surface area contributed by atoms with E-state index in [1.807, 2.05) is 36.4 Å². The van der Waals surface area contributed by atoms with Gasteiger partial charge in [-0.05, 0) is 41.7 Å². The number of nitro benzene ring substituents is 1. The molecular formula is C36H46N4O10. The van der Waals surface area contributed by atoms with E-state index in [4.69, 9.17) is 34.2 Å². The first-order chi connectivity index (χ1) is 24.3. The lowest BCUT2D eigenvalue weighted by Gasteiger charge is -2.19. The number of nitro groups is 1. The lowest BCUT2D eigenvalue weighted by Crippen LogP contribution is -2.29. The number of fused-ring (bicyclic) bond motifs is 3. The quantitative estimate of drug-likeness (QED) is 0.0766. The highest BCUT2D eigenvalue weighted by Gasteiger charge is 2.30. The fraction of sp³-hybridized carbons (Fsp3) is 0.444. The summed E-state index contributed by atoms with van der Waals surface area (Å²) < 4.78 is 32.9. The Balaban J connectivity index is 1.21. The lowest BCUT2D eigenvalue weighted by atomic mass is 9.98. The normalized spacial score (nSPS) is 12.5. The number of hydrogen-bond donors (Lipinski definition) is 3. The molecule has 0 spiro atoms. The number of nitrogens with two attached hydrogens (primary N) is 1. The Morgan fingerprint density at radius 1 is 0.880 bits per heavy atom. The number of alkyl carbamates (subject to hydrolysis) is 1. The number of rotatable bonds is 22. The van der Waals surface area contributed by atoms with Crippen LogP contribution in [0.3, 0.4) is 0 Å². The minimum Gasteiger partial charge on any atom is -0.493 e. The Morgan fingerprint density at radius 3 is 2.12 bits per heavy atom. The Kier molecular flexibility index (Phi) is 15.3. The topological polar surface area (TPSA) is 183 Å². The van der Waals surface area contributed by atoms with Crippen molar-refractivity contribution < 1.29 is 42.9 Å². The van der Waals surface area contributed by atoms with E-state index < -0.39 is 17.1 Å². The summed E-state index contributed by atoms with van der Waals surface area (Å²) >= 11 is 0. The molecule has 0 heterocycles. The molecule has 0 saturated carbocycles. The van der Waals surface area contributed by atoms with Gasteiger partial charge in [0.25, 0.3) is 5.69 Å². The van der Waals surface area contributed by atoms with Gasteiger partial charge < -0.3 is 44.8 Å². The van der Waals surface area contributed by atoms with Crippen molar-refractivity contribution in [1.82, 2.24) is 10.6 Å². The zero-order chi connectivity index (χ0) is 35.7. The molecule has 14 nitrogen and oxygen atoms in total. The van der Waals surface area contributed by atoms with Crippen molar-refractivity contribution in [2.24, 2.45) is 5.73 Å². The van der Waals surface area contributed by atoms with Crippen LogP contribution in [0.2, 0.25) is 0 Å². The standard InChI is InChI=1S/C36H46N4O10/c1-25(39-36(42)50-24-31-28-10-5-3-8-26(28)27-9-4-6-11-29(27)31)30-22-33(45-2)34(23-32(30)40(43)44)49-15-7-12-35(41)38-14-17-47-19-21-48-20-18-46-16-13-37/h3-6,8-11,22-23,25,31H,7,12-21,24,37H2,1-2H3,(H,38,41)(H,39,42). The molecule has 0 radical (unpaired) electrons. The Labute approximate surface area is 291 Å². The minimum atomic E-state index is -0.782. The predicted molar refractivity (Wildman–Crippen MR) is 186 cm³/mol. The van der Waals surface area contributed by atoms with Crippen molar-refractivity contribution in [2.45, 2.75) is 31.7 Å². The fourth-order valence-electron chi connectivity index (χ4n) is 5.63. The summed E-state index contributed by atoms with van der Waals surface area (Å²) in [5.74, 6) is 0.105. The molecule has 3 aromatic carbocycles. The largest absolute Gasteiger partial charge is 0.493 e. The van der Waals surface area contributed by atoms with Gasteiger partial charge in [0.15, 0.2) is 11.5 Å². The van der Waals surface area contributed by atoms with Gasteiger partial charge >= 0.3 is 6.09 Å². The van der Waals surface area contributed by atoms with Gasteiger partial charge in [-0.3, -0.25) is 14.9 Å². The number of hydrogen-bond acceptors (Lipinski definition) is 11.